The lowest BCUT2D eigenvalue weighted by atomic mass is 10.1. The average Bonchev–Trinajstić information content (AvgIpc) is 2.90. The first kappa shape index (κ1) is 14.6. The molecule has 4 nitrogen and oxygen atoms in total. The van der Waals surface area contributed by atoms with Crippen LogP contribution in [0.4, 0.5) is 18.9 Å². The molecule has 1 aromatic carbocycles. The monoisotopic (exact) mass is 288 g/mol. The normalized spacial score (nSPS) is 19.1. The molecular weight excluding hydrogens is 273 g/mol. The first-order valence-corrected chi connectivity index (χ1v) is 6.12. The Labute approximate surface area is 114 Å². The number of anilines is 1. The highest BCUT2D eigenvalue weighted by molar-refractivity contribution is 5.99. The van der Waals surface area contributed by atoms with Crippen LogP contribution in [0.1, 0.15) is 22.3 Å². The molecule has 2 rings (SSSR count). The van der Waals surface area contributed by atoms with Crippen molar-refractivity contribution >= 4 is 11.6 Å². The van der Waals surface area contributed by atoms with Gasteiger partial charge in [-0.15, -0.1) is 0 Å². The summed E-state index contributed by atoms with van der Waals surface area (Å²) in [4.78, 5) is 13.6. The van der Waals surface area contributed by atoms with Gasteiger partial charge >= 0.3 is 6.18 Å². The van der Waals surface area contributed by atoms with E-state index >= 15 is 0 Å². The van der Waals surface area contributed by atoms with Crippen molar-refractivity contribution in [3.8, 4) is 0 Å². The van der Waals surface area contributed by atoms with E-state index in [-0.39, 0.29) is 17.3 Å². The van der Waals surface area contributed by atoms with Crippen LogP contribution < -0.4 is 5.73 Å². The summed E-state index contributed by atoms with van der Waals surface area (Å²) in [6, 6.07) is 2.64. The van der Waals surface area contributed by atoms with Crippen molar-refractivity contribution < 1.29 is 22.7 Å². The second kappa shape index (κ2) is 5.32. The van der Waals surface area contributed by atoms with Crippen LogP contribution in [0.15, 0.2) is 18.2 Å². The van der Waals surface area contributed by atoms with Gasteiger partial charge in [0.15, 0.2) is 0 Å². The highest BCUT2D eigenvalue weighted by Gasteiger charge is 2.33. The van der Waals surface area contributed by atoms with E-state index in [1.54, 1.807) is 7.05 Å². The van der Waals surface area contributed by atoms with Gasteiger partial charge in [-0.3, -0.25) is 4.79 Å². The molecule has 1 unspecified atom stereocenters. The molecule has 7 heteroatoms. The zero-order valence-corrected chi connectivity index (χ0v) is 10.9. The maximum atomic E-state index is 12.7. The molecule has 0 spiro atoms. The van der Waals surface area contributed by atoms with Crippen LogP contribution >= 0.6 is 0 Å². The van der Waals surface area contributed by atoms with E-state index in [2.05, 4.69) is 0 Å². The van der Waals surface area contributed by atoms with Gasteiger partial charge in [0.1, 0.15) is 0 Å². The minimum atomic E-state index is -4.50. The number of nitrogens with two attached hydrogens (primary N) is 1. The number of ether oxygens (including phenoxy) is 1. The molecule has 1 saturated heterocycles. The Morgan fingerprint density at radius 3 is 2.70 bits per heavy atom. The number of hydrogen-bond donors (Lipinski definition) is 1. The summed E-state index contributed by atoms with van der Waals surface area (Å²) in [6.07, 6.45) is -3.83. The van der Waals surface area contributed by atoms with Crippen molar-refractivity contribution in [1.29, 1.82) is 0 Å². The van der Waals surface area contributed by atoms with Gasteiger partial charge in [-0.25, -0.2) is 0 Å². The van der Waals surface area contributed by atoms with E-state index in [1.807, 2.05) is 0 Å². The number of nitrogen functional groups attached to an aromatic ring is 1. The summed E-state index contributed by atoms with van der Waals surface area (Å²) in [5.41, 5.74) is 4.65. The summed E-state index contributed by atoms with van der Waals surface area (Å²) >= 11 is 0. The van der Waals surface area contributed by atoms with Crippen molar-refractivity contribution in [2.75, 3.05) is 26.0 Å². The van der Waals surface area contributed by atoms with Gasteiger partial charge < -0.3 is 15.4 Å². The molecule has 0 aliphatic carbocycles. The summed E-state index contributed by atoms with van der Waals surface area (Å²) in [5, 5.41) is 0. The lowest BCUT2D eigenvalue weighted by Gasteiger charge is -2.24. The van der Waals surface area contributed by atoms with E-state index in [9.17, 15) is 18.0 Å². The number of likely N-dealkylation sites (N-methyl/N-ethyl adjacent to an activating group) is 1. The van der Waals surface area contributed by atoms with E-state index in [0.717, 1.165) is 18.2 Å². The van der Waals surface area contributed by atoms with Gasteiger partial charge in [0, 0.05) is 19.3 Å². The Balaban J connectivity index is 2.28. The maximum absolute atomic E-state index is 12.7. The smallest absolute Gasteiger partial charge is 0.398 e. The number of hydrogen-bond acceptors (Lipinski definition) is 3. The van der Waals surface area contributed by atoms with Gasteiger partial charge in [-0.2, -0.15) is 13.2 Å². The lowest BCUT2D eigenvalue weighted by Crippen LogP contribution is -2.37. The number of carbonyl (C=O) groups is 1. The quantitative estimate of drug-likeness (QED) is 0.848. The van der Waals surface area contributed by atoms with Crippen LogP contribution in [0.3, 0.4) is 0 Å². The van der Waals surface area contributed by atoms with Crippen molar-refractivity contribution in [3.63, 3.8) is 0 Å². The number of rotatable bonds is 2. The fraction of sp³-hybridized carbons (Fsp3) is 0.462. The topological polar surface area (TPSA) is 55.6 Å². The number of alkyl halides is 3. The third-order valence-electron chi connectivity index (χ3n) is 3.38. The van der Waals surface area contributed by atoms with E-state index in [4.69, 9.17) is 10.5 Å². The first-order chi connectivity index (χ1) is 9.30. The Morgan fingerprint density at radius 1 is 1.45 bits per heavy atom. The van der Waals surface area contributed by atoms with Crippen LogP contribution in [-0.4, -0.2) is 37.1 Å². The average molecular weight is 288 g/mol. The zero-order chi connectivity index (χ0) is 14.9. The van der Waals surface area contributed by atoms with Crippen molar-refractivity contribution in [2.24, 2.45) is 0 Å². The fourth-order valence-corrected chi connectivity index (χ4v) is 2.10. The van der Waals surface area contributed by atoms with Crippen molar-refractivity contribution in [1.82, 2.24) is 4.90 Å². The lowest BCUT2D eigenvalue weighted by molar-refractivity contribution is -0.137. The van der Waals surface area contributed by atoms with Gasteiger partial charge in [0.25, 0.3) is 5.91 Å². The fourth-order valence-electron chi connectivity index (χ4n) is 2.10. The number of nitrogens with zero attached hydrogens (tertiary/aromatic N) is 1. The molecule has 1 aliphatic rings. The van der Waals surface area contributed by atoms with Crippen LogP contribution in [0, 0.1) is 0 Å². The minimum Gasteiger partial charge on any atom is -0.398 e. The van der Waals surface area contributed by atoms with Gasteiger partial charge in [-0.1, -0.05) is 0 Å². The Bertz CT molecular complexity index is 511. The van der Waals surface area contributed by atoms with Crippen LogP contribution in [0.2, 0.25) is 0 Å². The molecule has 0 radical (unpaired) electrons. The molecule has 20 heavy (non-hydrogen) atoms. The number of carbonyl (C=O) groups excluding carboxylic acids is 1. The molecule has 1 atom stereocenters. The van der Waals surface area contributed by atoms with E-state index in [0.29, 0.717) is 19.6 Å². The minimum absolute atomic E-state index is 0.0359. The summed E-state index contributed by atoms with van der Waals surface area (Å²) in [7, 11) is 1.54. The molecule has 0 aromatic heterocycles. The third-order valence-corrected chi connectivity index (χ3v) is 3.38. The second-order valence-electron chi connectivity index (χ2n) is 4.73. The summed E-state index contributed by atoms with van der Waals surface area (Å²) in [6.45, 7) is 0.932. The van der Waals surface area contributed by atoms with E-state index < -0.39 is 17.6 Å². The molecule has 1 fully saturated rings. The highest BCUT2D eigenvalue weighted by atomic mass is 19.4. The Morgan fingerprint density at radius 2 is 2.15 bits per heavy atom. The number of benzene rings is 1. The SMILES string of the molecule is CN(C(=O)c1cc(C(F)(F)F)ccc1N)C1CCOC1. The predicted octanol–water partition coefficient (Wildman–Crippen LogP) is 2.15. The second-order valence-corrected chi connectivity index (χ2v) is 4.73. The Hall–Kier alpha value is -1.76. The largest absolute Gasteiger partial charge is 0.416 e. The summed E-state index contributed by atoms with van der Waals surface area (Å²) < 4.78 is 43.2. The molecule has 110 valence electrons. The van der Waals surface area contributed by atoms with Crippen LogP contribution in [0.25, 0.3) is 0 Å². The predicted molar refractivity (Wildman–Crippen MR) is 67.2 cm³/mol. The third kappa shape index (κ3) is 2.87. The standard InChI is InChI=1S/C13H15F3N2O2/c1-18(9-4-5-20-7-9)12(19)10-6-8(13(14,15)16)2-3-11(10)17/h2-3,6,9H,4-5,7,17H2,1H3. The van der Waals surface area contributed by atoms with Crippen LogP contribution in [-0.2, 0) is 10.9 Å². The molecule has 0 bridgehead atoms. The molecule has 1 aliphatic heterocycles. The molecule has 1 heterocycles. The maximum Gasteiger partial charge on any atom is 0.416 e. The summed E-state index contributed by atoms with van der Waals surface area (Å²) in [5.74, 6) is -0.524. The molecular formula is C13H15F3N2O2. The van der Waals surface area contributed by atoms with Crippen molar-refractivity contribution in [3.05, 3.63) is 29.3 Å². The van der Waals surface area contributed by atoms with Crippen molar-refractivity contribution in [2.45, 2.75) is 18.6 Å². The highest BCUT2D eigenvalue weighted by Crippen LogP contribution is 2.31. The number of amides is 1. The number of halogens is 3. The Kier molecular flexibility index (Phi) is 3.89. The van der Waals surface area contributed by atoms with E-state index in [1.165, 1.54) is 4.90 Å². The molecule has 2 N–H and O–H groups in total. The zero-order valence-electron chi connectivity index (χ0n) is 10.9. The van der Waals surface area contributed by atoms with Crippen LogP contribution in [0.5, 0.6) is 0 Å². The molecule has 1 aromatic rings. The van der Waals surface area contributed by atoms with Gasteiger partial charge in [0.2, 0.25) is 0 Å². The van der Waals surface area contributed by atoms with Gasteiger partial charge in [0.05, 0.1) is 23.8 Å². The van der Waals surface area contributed by atoms with Gasteiger partial charge in [-0.05, 0) is 24.6 Å². The molecule has 0 saturated carbocycles. The first-order valence-electron chi connectivity index (χ1n) is 6.12. The molecule has 1 amide bonds.